The number of benzene rings is 1. The van der Waals surface area contributed by atoms with Crippen LogP contribution >= 0.6 is 11.6 Å². The van der Waals surface area contributed by atoms with E-state index in [0.717, 1.165) is 37.3 Å². The van der Waals surface area contributed by atoms with Gasteiger partial charge in [0.1, 0.15) is 0 Å². The van der Waals surface area contributed by atoms with Crippen molar-refractivity contribution in [2.24, 2.45) is 0 Å². The predicted molar refractivity (Wildman–Crippen MR) is 77.9 cm³/mol. The molecule has 0 unspecified atom stereocenters. The molecule has 0 aliphatic carbocycles. The molecule has 1 fully saturated rings. The number of carbonyl (C=O) groups is 1. The number of fused-ring (bicyclic) bond motifs is 3. The van der Waals surface area contributed by atoms with Crippen LogP contribution in [0.15, 0.2) is 18.2 Å². The molecule has 102 valence electrons. The summed E-state index contributed by atoms with van der Waals surface area (Å²) >= 11 is 6.01. The highest BCUT2D eigenvalue weighted by Crippen LogP contribution is 2.45. The third kappa shape index (κ3) is 1.54. The zero-order valence-corrected chi connectivity index (χ0v) is 11.5. The van der Waals surface area contributed by atoms with Gasteiger partial charge in [-0.15, -0.1) is 0 Å². The molecule has 0 atom stereocenters. The largest absolute Gasteiger partial charge is 0.478 e. The van der Waals surface area contributed by atoms with Crippen molar-refractivity contribution in [1.29, 1.82) is 0 Å². The van der Waals surface area contributed by atoms with E-state index in [0.29, 0.717) is 27.4 Å². The van der Waals surface area contributed by atoms with Crippen LogP contribution in [0, 0.1) is 0 Å². The van der Waals surface area contributed by atoms with E-state index < -0.39 is 5.97 Å². The standard InChI is InChI=1S/C15H13ClN2O2/c16-9-1-2-10-11(7-9)17-13-8-3-5-18(6-4-8)14(13)12(10)15(19)20/h1-2,7-8H,3-6H2,(H,19,20). The number of halogens is 1. The first-order chi connectivity index (χ1) is 9.65. The first kappa shape index (κ1) is 12.0. The second kappa shape index (κ2) is 4.09. The third-order valence-electron chi connectivity index (χ3n) is 4.36. The van der Waals surface area contributed by atoms with Crippen LogP contribution in [-0.2, 0) is 0 Å². The summed E-state index contributed by atoms with van der Waals surface area (Å²) in [5, 5.41) is 10.9. The van der Waals surface area contributed by atoms with Gasteiger partial charge in [-0.25, -0.2) is 4.79 Å². The molecular formula is C15H13ClN2O2. The fourth-order valence-corrected chi connectivity index (χ4v) is 3.61. The number of aromatic nitrogens is 1. The second-order valence-corrected chi connectivity index (χ2v) is 5.89. The van der Waals surface area contributed by atoms with Crippen molar-refractivity contribution in [1.82, 2.24) is 4.98 Å². The van der Waals surface area contributed by atoms with Crippen LogP contribution in [0.2, 0.25) is 5.02 Å². The molecule has 2 bridgehead atoms. The van der Waals surface area contributed by atoms with Crippen LogP contribution < -0.4 is 4.90 Å². The molecule has 0 radical (unpaired) electrons. The molecule has 2 aromatic rings. The van der Waals surface area contributed by atoms with E-state index in [-0.39, 0.29) is 0 Å². The number of aromatic carboxylic acids is 1. The van der Waals surface area contributed by atoms with Gasteiger partial charge in [-0.05, 0) is 25.0 Å². The summed E-state index contributed by atoms with van der Waals surface area (Å²) < 4.78 is 0. The highest BCUT2D eigenvalue weighted by molar-refractivity contribution is 6.31. The minimum Gasteiger partial charge on any atom is -0.478 e. The van der Waals surface area contributed by atoms with Gasteiger partial charge in [-0.1, -0.05) is 17.7 Å². The maximum atomic E-state index is 11.8. The Labute approximate surface area is 121 Å². The van der Waals surface area contributed by atoms with Crippen molar-refractivity contribution in [3.05, 3.63) is 34.5 Å². The lowest BCUT2D eigenvalue weighted by atomic mass is 9.84. The summed E-state index contributed by atoms with van der Waals surface area (Å²) in [7, 11) is 0. The molecule has 3 aliphatic heterocycles. The minimum absolute atomic E-state index is 0.381. The maximum absolute atomic E-state index is 11.8. The van der Waals surface area contributed by atoms with Crippen molar-refractivity contribution in [3.8, 4) is 0 Å². The second-order valence-electron chi connectivity index (χ2n) is 5.45. The number of anilines is 1. The van der Waals surface area contributed by atoms with Gasteiger partial charge in [0.05, 0.1) is 22.5 Å². The summed E-state index contributed by atoms with van der Waals surface area (Å²) in [6.45, 7) is 1.86. The summed E-state index contributed by atoms with van der Waals surface area (Å²) in [6, 6.07) is 5.24. The number of nitrogens with zero attached hydrogens (tertiary/aromatic N) is 2. The smallest absolute Gasteiger partial charge is 0.338 e. The zero-order valence-electron chi connectivity index (χ0n) is 10.8. The van der Waals surface area contributed by atoms with E-state index >= 15 is 0 Å². The molecule has 1 saturated heterocycles. The zero-order chi connectivity index (χ0) is 13.9. The SMILES string of the molecule is O=C(O)c1c2c(nc3cc(Cl)ccc13)C1CCN2CC1. The molecule has 0 amide bonds. The number of carboxylic acid groups (broad SMARTS) is 1. The molecule has 0 saturated carbocycles. The molecule has 3 aliphatic rings. The molecule has 1 N–H and O–H groups in total. The van der Waals surface area contributed by atoms with Crippen molar-refractivity contribution in [2.75, 3.05) is 18.0 Å². The average molecular weight is 289 g/mol. The Balaban J connectivity index is 2.13. The fourth-order valence-electron chi connectivity index (χ4n) is 3.44. The van der Waals surface area contributed by atoms with E-state index in [9.17, 15) is 9.90 Å². The topological polar surface area (TPSA) is 53.4 Å². The van der Waals surface area contributed by atoms with E-state index in [2.05, 4.69) is 4.90 Å². The number of hydrogen-bond acceptors (Lipinski definition) is 3. The van der Waals surface area contributed by atoms with Crippen LogP contribution in [0.1, 0.15) is 34.8 Å². The van der Waals surface area contributed by atoms with Crippen LogP contribution in [0.4, 0.5) is 5.69 Å². The monoisotopic (exact) mass is 288 g/mol. The molecule has 0 spiro atoms. The first-order valence-corrected chi connectivity index (χ1v) is 7.14. The van der Waals surface area contributed by atoms with Gasteiger partial charge in [0, 0.05) is 29.4 Å². The van der Waals surface area contributed by atoms with E-state index in [1.807, 2.05) is 0 Å². The summed E-state index contributed by atoms with van der Waals surface area (Å²) in [5.74, 6) is -0.500. The number of rotatable bonds is 1. The van der Waals surface area contributed by atoms with Gasteiger partial charge in [-0.2, -0.15) is 0 Å². The van der Waals surface area contributed by atoms with Crippen LogP contribution in [0.25, 0.3) is 10.9 Å². The molecule has 4 nitrogen and oxygen atoms in total. The number of carboxylic acids is 1. The quantitative estimate of drug-likeness (QED) is 0.875. The van der Waals surface area contributed by atoms with Crippen molar-refractivity contribution < 1.29 is 9.90 Å². The number of pyridine rings is 1. The normalized spacial score (nSPS) is 17.6. The van der Waals surface area contributed by atoms with Gasteiger partial charge < -0.3 is 10.0 Å². The third-order valence-corrected chi connectivity index (χ3v) is 4.60. The Morgan fingerprint density at radius 3 is 2.80 bits per heavy atom. The van der Waals surface area contributed by atoms with Crippen molar-refractivity contribution in [3.63, 3.8) is 0 Å². The van der Waals surface area contributed by atoms with Gasteiger partial charge >= 0.3 is 5.97 Å². The van der Waals surface area contributed by atoms with Gasteiger partial charge in [-0.3, -0.25) is 4.98 Å². The maximum Gasteiger partial charge on any atom is 0.338 e. The molecule has 1 aromatic carbocycles. The van der Waals surface area contributed by atoms with Crippen LogP contribution in [0.5, 0.6) is 0 Å². The van der Waals surface area contributed by atoms with Gasteiger partial charge in [0.15, 0.2) is 0 Å². The lowest BCUT2D eigenvalue weighted by Gasteiger charge is -2.42. The average Bonchev–Trinajstić information content (AvgIpc) is 2.45. The summed E-state index contributed by atoms with van der Waals surface area (Å²) in [6.07, 6.45) is 2.12. The van der Waals surface area contributed by atoms with E-state index in [1.54, 1.807) is 18.2 Å². The first-order valence-electron chi connectivity index (χ1n) is 6.76. The lowest BCUT2D eigenvalue weighted by Crippen LogP contribution is -2.40. The number of hydrogen-bond donors (Lipinski definition) is 1. The van der Waals surface area contributed by atoms with Gasteiger partial charge in [0.25, 0.3) is 0 Å². The molecule has 4 heterocycles. The van der Waals surface area contributed by atoms with Crippen molar-refractivity contribution >= 4 is 34.2 Å². The van der Waals surface area contributed by atoms with E-state index in [1.165, 1.54) is 0 Å². The summed E-state index contributed by atoms with van der Waals surface area (Å²) in [4.78, 5) is 18.6. The van der Waals surface area contributed by atoms with E-state index in [4.69, 9.17) is 16.6 Å². The molecular weight excluding hydrogens is 276 g/mol. The van der Waals surface area contributed by atoms with Crippen LogP contribution in [-0.4, -0.2) is 29.1 Å². The minimum atomic E-state index is -0.886. The highest BCUT2D eigenvalue weighted by atomic mass is 35.5. The molecule has 5 heteroatoms. The summed E-state index contributed by atoms with van der Waals surface area (Å²) in [5.41, 5.74) is 2.83. The fraction of sp³-hybridized carbons (Fsp3) is 0.333. The highest BCUT2D eigenvalue weighted by Gasteiger charge is 2.36. The Morgan fingerprint density at radius 1 is 1.35 bits per heavy atom. The molecule has 5 rings (SSSR count). The Bertz CT molecular complexity index is 736. The van der Waals surface area contributed by atoms with Gasteiger partial charge in [0.2, 0.25) is 0 Å². The molecule has 20 heavy (non-hydrogen) atoms. The van der Waals surface area contributed by atoms with Crippen molar-refractivity contribution in [2.45, 2.75) is 18.8 Å². The Morgan fingerprint density at radius 2 is 2.10 bits per heavy atom. The molecule has 1 aromatic heterocycles. The number of piperidine rings is 1. The van der Waals surface area contributed by atoms with Crippen LogP contribution in [0.3, 0.4) is 0 Å². The lowest BCUT2D eigenvalue weighted by molar-refractivity contribution is 0.0699. The predicted octanol–water partition coefficient (Wildman–Crippen LogP) is 3.28. The Kier molecular flexibility index (Phi) is 2.45. The Hall–Kier alpha value is -1.81.